The molecular formula is C25H27F3N4O2S. The largest absolute Gasteiger partial charge is 0.485 e. The van der Waals surface area contributed by atoms with Crippen LogP contribution < -0.4 is 15.0 Å². The molecule has 1 amide bonds. The van der Waals surface area contributed by atoms with Gasteiger partial charge in [0.15, 0.2) is 0 Å². The number of aromatic nitrogens is 1. The van der Waals surface area contributed by atoms with Crippen LogP contribution >= 0.6 is 11.3 Å². The van der Waals surface area contributed by atoms with Crippen molar-refractivity contribution in [3.8, 4) is 5.75 Å². The molecule has 0 saturated heterocycles. The zero-order valence-corrected chi connectivity index (χ0v) is 20.3. The summed E-state index contributed by atoms with van der Waals surface area (Å²) in [5.74, 6) is 0.337. The molecule has 1 aliphatic rings. The van der Waals surface area contributed by atoms with Crippen molar-refractivity contribution < 1.29 is 22.7 Å². The Hall–Kier alpha value is -3.11. The molecule has 3 aromatic rings. The number of hydrogen-bond donors (Lipinski definition) is 1. The molecule has 1 aliphatic heterocycles. The number of alkyl halides is 3. The highest BCUT2D eigenvalue weighted by molar-refractivity contribution is 7.10. The van der Waals surface area contributed by atoms with Gasteiger partial charge >= 0.3 is 6.18 Å². The van der Waals surface area contributed by atoms with Crippen LogP contribution in [0.1, 0.15) is 38.9 Å². The first-order valence-corrected chi connectivity index (χ1v) is 12.2. The van der Waals surface area contributed by atoms with E-state index in [4.69, 9.17) is 4.74 Å². The number of fused-ring (bicyclic) bond motifs is 1. The number of nitrogens with one attached hydrogen (secondary N) is 1. The van der Waals surface area contributed by atoms with Crippen molar-refractivity contribution in [2.24, 2.45) is 0 Å². The maximum Gasteiger partial charge on any atom is 0.416 e. The second kappa shape index (κ2) is 10.7. The molecule has 1 atom stereocenters. The third-order valence-electron chi connectivity index (χ3n) is 5.91. The SMILES string of the molecule is CNCC[C@H](Oc1ccc(CN2CCN(C)c3ncccc3C2=O)c(C(F)(F)F)c1)c1cccs1. The maximum absolute atomic E-state index is 14.1. The Kier molecular flexibility index (Phi) is 7.61. The van der Waals surface area contributed by atoms with E-state index >= 15 is 0 Å². The van der Waals surface area contributed by atoms with Crippen molar-refractivity contribution in [3.05, 3.63) is 75.6 Å². The molecule has 0 saturated carbocycles. The number of ether oxygens (including phenoxy) is 1. The number of likely N-dealkylation sites (N-methyl/N-ethyl adjacent to an activating group) is 1. The van der Waals surface area contributed by atoms with Gasteiger partial charge in [0.25, 0.3) is 5.91 Å². The Balaban J connectivity index is 1.61. The Morgan fingerprint density at radius 1 is 1.20 bits per heavy atom. The molecule has 0 bridgehead atoms. The summed E-state index contributed by atoms with van der Waals surface area (Å²) in [5.41, 5.74) is -0.397. The third kappa shape index (κ3) is 5.76. The molecule has 1 aromatic carbocycles. The zero-order valence-electron chi connectivity index (χ0n) is 19.5. The molecule has 6 nitrogen and oxygen atoms in total. The fraction of sp³-hybridized carbons (Fsp3) is 0.360. The quantitative estimate of drug-likeness (QED) is 0.469. The normalized spacial score (nSPS) is 15.1. The number of thiophene rings is 1. The number of nitrogens with zero attached hydrogens (tertiary/aromatic N) is 3. The van der Waals surface area contributed by atoms with E-state index in [1.807, 2.05) is 36.5 Å². The van der Waals surface area contributed by atoms with Crippen molar-refractivity contribution in [1.82, 2.24) is 15.2 Å². The second-order valence-corrected chi connectivity index (χ2v) is 9.33. The number of carbonyl (C=O) groups excluding carboxylic acids is 1. The maximum atomic E-state index is 14.1. The molecule has 10 heteroatoms. The van der Waals surface area contributed by atoms with Crippen LogP contribution in [0.3, 0.4) is 0 Å². The molecular weight excluding hydrogens is 477 g/mol. The molecule has 0 radical (unpaired) electrons. The molecule has 2 aromatic heterocycles. The Morgan fingerprint density at radius 3 is 2.74 bits per heavy atom. The summed E-state index contributed by atoms with van der Waals surface area (Å²) in [7, 11) is 3.63. The molecule has 0 unspecified atom stereocenters. The standard InChI is InChI=1S/C25H27F3N4O2S/c1-29-11-9-21(22-6-4-14-35-22)34-18-8-7-17(20(15-18)25(26,27)28)16-32-13-12-31(2)23-19(24(32)33)5-3-10-30-23/h3-8,10,14-15,21,29H,9,11-13,16H2,1-2H3/t21-/m0/s1. The van der Waals surface area contributed by atoms with E-state index in [2.05, 4.69) is 10.3 Å². The first-order valence-electron chi connectivity index (χ1n) is 11.3. The average Bonchev–Trinajstić information content (AvgIpc) is 3.35. The van der Waals surface area contributed by atoms with E-state index < -0.39 is 11.7 Å². The lowest BCUT2D eigenvalue weighted by molar-refractivity contribution is -0.138. The first kappa shape index (κ1) is 25.0. The lowest BCUT2D eigenvalue weighted by atomic mass is 10.1. The van der Waals surface area contributed by atoms with E-state index in [0.29, 0.717) is 30.9 Å². The Morgan fingerprint density at radius 2 is 2.03 bits per heavy atom. The van der Waals surface area contributed by atoms with Gasteiger partial charge in [-0.05, 0) is 54.9 Å². The summed E-state index contributed by atoms with van der Waals surface area (Å²) in [6.45, 7) is 1.25. The van der Waals surface area contributed by atoms with Crippen LogP contribution in [0.25, 0.3) is 0 Å². The highest BCUT2D eigenvalue weighted by atomic mass is 32.1. The van der Waals surface area contributed by atoms with E-state index in [1.54, 1.807) is 24.4 Å². The van der Waals surface area contributed by atoms with Crippen molar-refractivity contribution in [2.75, 3.05) is 38.6 Å². The highest BCUT2D eigenvalue weighted by Crippen LogP contribution is 2.37. The van der Waals surface area contributed by atoms with Crippen LogP contribution in [0, 0.1) is 0 Å². The minimum atomic E-state index is -4.59. The van der Waals surface area contributed by atoms with Gasteiger partial charge in [-0.1, -0.05) is 12.1 Å². The average molecular weight is 505 g/mol. The van der Waals surface area contributed by atoms with E-state index in [-0.39, 0.29) is 36.4 Å². The summed E-state index contributed by atoms with van der Waals surface area (Å²) in [6, 6.07) is 11.1. The number of hydrogen-bond acceptors (Lipinski definition) is 6. The molecule has 186 valence electrons. The molecule has 0 spiro atoms. The minimum Gasteiger partial charge on any atom is -0.485 e. The summed E-state index contributed by atoms with van der Waals surface area (Å²) in [5, 5.41) is 4.97. The van der Waals surface area contributed by atoms with Crippen LogP contribution in [-0.4, -0.2) is 49.5 Å². The number of benzene rings is 1. The zero-order chi connectivity index (χ0) is 25.0. The predicted molar refractivity (Wildman–Crippen MR) is 130 cm³/mol. The van der Waals surface area contributed by atoms with Crippen LogP contribution in [0.2, 0.25) is 0 Å². The van der Waals surface area contributed by atoms with E-state index in [9.17, 15) is 18.0 Å². The monoisotopic (exact) mass is 504 g/mol. The number of anilines is 1. The van der Waals surface area contributed by atoms with E-state index in [1.165, 1.54) is 22.3 Å². The van der Waals surface area contributed by atoms with Gasteiger partial charge in [0.2, 0.25) is 0 Å². The Labute approximate surface area is 206 Å². The summed E-state index contributed by atoms with van der Waals surface area (Å²) < 4.78 is 48.3. The lowest BCUT2D eigenvalue weighted by Crippen LogP contribution is -2.34. The fourth-order valence-corrected chi connectivity index (χ4v) is 4.87. The number of halogens is 3. The second-order valence-electron chi connectivity index (χ2n) is 8.35. The van der Waals surface area contributed by atoms with Crippen molar-refractivity contribution in [1.29, 1.82) is 0 Å². The van der Waals surface area contributed by atoms with Crippen LogP contribution in [-0.2, 0) is 12.7 Å². The van der Waals surface area contributed by atoms with Crippen molar-refractivity contribution >= 4 is 23.1 Å². The van der Waals surface area contributed by atoms with Crippen molar-refractivity contribution in [2.45, 2.75) is 25.2 Å². The Bertz CT molecular complexity index is 1150. The molecule has 3 heterocycles. The van der Waals surface area contributed by atoms with Crippen LogP contribution in [0.5, 0.6) is 5.75 Å². The van der Waals surface area contributed by atoms with Crippen molar-refractivity contribution in [3.63, 3.8) is 0 Å². The molecule has 35 heavy (non-hydrogen) atoms. The molecule has 1 N–H and O–H groups in total. The van der Waals surface area contributed by atoms with Crippen LogP contribution in [0.4, 0.5) is 19.0 Å². The number of pyridine rings is 1. The van der Waals surface area contributed by atoms with Gasteiger partial charge < -0.3 is 19.9 Å². The van der Waals surface area contributed by atoms with Gasteiger partial charge in [0, 0.05) is 44.2 Å². The number of rotatable bonds is 8. The first-order chi connectivity index (χ1) is 16.8. The third-order valence-corrected chi connectivity index (χ3v) is 6.88. The smallest absolute Gasteiger partial charge is 0.416 e. The number of amides is 1. The highest BCUT2D eigenvalue weighted by Gasteiger charge is 2.35. The summed E-state index contributed by atoms with van der Waals surface area (Å²) in [6.07, 6.45) is -2.74. The van der Waals surface area contributed by atoms with Crippen LogP contribution in [0.15, 0.2) is 54.0 Å². The van der Waals surface area contributed by atoms with E-state index in [0.717, 1.165) is 10.9 Å². The lowest BCUT2D eigenvalue weighted by Gasteiger charge is -2.24. The topological polar surface area (TPSA) is 57.7 Å². The summed E-state index contributed by atoms with van der Waals surface area (Å²) in [4.78, 5) is 21.6. The van der Waals surface area contributed by atoms with Gasteiger partial charge in [0.1, 0.15) is 17.7 Å². The van der Waals surface area contributed by atoms with Gasteiger partial charge in [-0.2, -0.15) is 13.2 Å². The molecule has 4 rings (SSSR count). The molecule has 0 fully saturated rings. The summed E-state index contributed by atoms with van der Waals surface area (Å²) >= 11 is 1.51. The van der Waals surface area contributed by atoms with Gasteiger partial charge in [-0.15, -0.1) is 11.3 Å². The minimum absolute atomic E-state index is 0.0242. The number of carbonyl (C=O) groups is 1. The van der Waals surface area contributed by atoms with Gasteiger partial charge in [-0.3, -0.25) is 4.79 Å². The van der Waals surface area contributed by atoms with Gasteiger partial charge in [0.05, 0.1) is 11.1 Å². The molecule has 0 aliphatic carbocycles. The van der Waals surface area contributed by atoms with Gasteiger partial charge in [-0.25, -0.2) is 4.98 Å². The fourth-order valence-electron chi connectivity index (χ4n) is 4.08. The predicted octanol–water partition coefficient (Wildman–Crippen LogP) is 4.98.